The van der Waals surface area contributed by atoms with E-state index in [1.54, 1.807) is 0 Å². The van der Waals surface area contributed by atoms with Crippen LogP contribution in [0.25, 0.3) is 0 Å². The summed E-state index contributed by atoms with van der Waals surface area (Å²) in [4.78, 5) is 22.6. The first-order valence-electron chi connectivity index (χ1n) is 6.80. The van der Waals surface area contributed by atoms with Crippen LogP contribution in [0.4, 0.5) is 11.6 Å². The van der Waals surface area contributed by atoms with Crippen LogP contribution in [0, 0.1) is 12.3 Å². The van der Waals surface area contributed by atoms with Crippen LogP contribution in [0.5, 0.6) is 0 Å². The third-order valence-electron chi connectivity index (χ3n) is 3.99. The van der Waals surface area contributed by atoms with Crippen molar-refractivity contribution >= 4 is 17.5 Å². The number of amides is 1. The Bertz CT molecular complexity index is 532. The second kappa shape index (κ2) is 5.24. The van der Waals surface area contributed by atoms with E-state index in [4.69, 9.17) is 11.6 Å². The monoisotopic (exact) mass is 278 g/mol. The first-order valence-corrected chi connectivity index (χ1v) is 6.80. The molecule has 1 fully saturated rings. The summed E-state index contributed by atoms with van der Waals surface area (Å²) >= 11 is 0. The highest BCUT2D eigenvalue weighted by Gasteiger charge is 2.40. The van der Waals surface area contributed by atoms with Gasteiger partial charge in [-0.2, -0.15) is 0 Å². The summed E-state index contributed by atoms with van der Waals surface area (Å²) < 4.78 is 0. The van der Waals surface area contributed by atoms with Crippen molar-refractivity contribution in [2.45, 2.75) is 33.6 Å². The summed E-state index contributed by atoms with van der Waals surface area (Å²) in [5, 5.41) is 0. The van der Waals surface area contributed by atoms with Crippen molar-refractivity contribution in [3.8, 4) is 0 Å². The molecule has 20 heavy (non-hydrogen) atoms. The zero-order valence-corrected chi connectivity index (χ0v) is 12.2. The molecule has 1 amide bonds. The lowest BCUT2D eigenvalue weighted by Crippen LogP contribution is -2.37. The Morgan fingerprint density at radius 1 is 1.50 bits per heavy atom. The van der Waals surface area contributed by atoms with Crippen LogP contribution in [0.1, 0.15) is 31.7 Å². The predicted molar refractivity (Wildman–Crippen MR) is 78.1 cm³/mol. The Hall–Kier alpha value is -1.89. The van der Waals surface area contributed by atoms with E-state index in [1.807, 2.05) is 20.8 Å². The van der Waals surface area contributed by atoms with E-state index in [1.165, 1.54) is 0 Å². The van der Waals surface area contributed by atoms with Crippen LogP contribution in [0.2, 0.25) is 0 Å². The number of rotatable bonds is 4. The average molecular weight is 278 g/mol. The molecule has 0 spiro atoms. The molecule has 0 aliphatic carbocycles. The molecule has 7 nitrogen and oxygen atoms in total. The lowest BCUT2D eigenvalue weighted by Gasteiger charge is -2.24. The number of anilines is 2. The molecule has 1 saturated heterocycles. The number of carbonyl (C=O) groups is 1. The van der Waals surface area contributed by atoms with E-state index in [-0.39, 0.29) is 5.91 Å². The van der Waals surface area contributed by atoms with Gasteiger partial charge in [-0.1, -0.05) is 6.92 Å². The molecule has 7 heteroatoms. The molecule has 1 aliphatic heterocycles. The summed E-state index contributed by atoms with van der Waals surface area (Å²) in [7, 11) is 0. The Labute approximate surface area is 118 Å². The number of nitrogens with zero attached hydrogens (tertiary/aromatic N) is 3. The van der Waals surface area contributed by atoms with Crippen LogP contribution in [-0.4, -0.2) is 29.0 Å². The fourth-order valence-electron chi connectivity index (χ4n) is 2.50. The van der Waals surface area contributed by atoms with Crippen molar-refractivity contribution in [1.29, 1.82) is 0 Å². The Morgan fingerprint density at radius 2 is 2.20 bits per heavy atom. The summed E-state index contributed by atoms with van der Waals surface area (Å²) in [6, 6.07) is 0. The van der Waals surface area contributed by atoms with Gasteiger partial charge in [-0.25, -0.2) is 15.8 Å². The van der Waals surface area contributed by atoms with E-state index in [9.17, 15) is 4.79 Å². The predicted octanol–water partition coefficient (Wildman–Crippen LogP) is 0.335. The summed E-state index contributed by atoms with van der Waals surface area (Å²) in [6.45, 7) is 7.14. The Morgan fingerprint density at radius 3 is 2.70 bits per heavy atom. The third kappa shape index (κ3) is 2.40. The number of carbonyl (C=O) groups excluding carboxylic acids is 1. The molecule has 5 N–H and O–H groups in total. The average Bonchev–Trinajstić information content (AvgIpc) is 2.83. The van der Waals surface area contributed by atoms with Gasteiger partial charge in [0.25, 0.3) is 0 Å². The molecule has 0 aromatic carbocycles. The van der Waals surface area contributed by atoms with Gasteiger partial charge < -0.3 is 16.1 Å². The number of aromatic nitrogens is 2. The topological polar surface area (TPSA) is 110 Å². The minimum atomic E-state index is -0.500. The van der Waals surface area contributed by atoms with E-state index in [2.05, 4.69) is 20.3 Å². The van der Waals surface area contributed by atoms with Gasteiger partial charge in [0.2, 0.25) is 5.91 Å². The summed E-state index contributed by atoms with van der Waals surface area (Å²) in [5.41, 5.74) is 8.49. The van der Waals surface area contributed by atoms with Gasteiger partial charge in [0.15, 0.2) is 0 Å². The molecule has 110 valence electrons. The van der Waals surface area contributed by atoms with E-state index >= 15 is 0 Å². The molecular weight excluding hydrogens is 256 g/mol. The maximum Gasteiger partial charge on any atom is 0.225 e. The van der Waals surface area contributed by atoms with Gasteiger partial charge in [-0.15, -0.1) is 0 Å². The maximum atomic E-state index is 11.6. The van der Waals surface area contributed by atoms with Crippen LogP contribution >= 0.6 is 0 Å². The molecule has 2 heterocycles. The van der Waals surface area contributed by atoms with Gasteiger partial charge in [0.05, 0.1) is 5.41 Å². The van der Waals surface area contributed by atoms with E-state index in [0.717, 1.165) is 36.6 Å². The molecule has 2 rings (SSSR count). The third-order valence-corrected chi connectivity index (χ3v) is 3.99. The first-order chi connectivity index (χ1) is 9.41. The van der Waals surface area contributed by atoms with Gasteiger partial charge in [-0.3, -0.25) is 4.79 Å². The molecule has 1 atom stereocenters. The fraction of sp³-hybridized carbons (Fsp3) is 0.615. The molecule has 1 aromatic rings. The quantitative estimate of drug-likeness (QED) is 0.541. The largest absolute Gasteiger partial charge is 0.369 e. The first kappa shape index (κ1) is 14.5. The van der Waals surface area contributed by atoms with Crippen molar-refractivity contribution in [3.05, 3.63) is 11.4 Å². The molecule has 0 radical (unpaired) electrons. The number of hydrogen-bond acceptors (Lipinski definition) is 6. The zero-order valence-electron chi connectivity index (χ0n) is 12.2. The highest BCUT2D eigenvalue weighted by Crippen LogP contribution is 2.34. The molecule has 0 saturated carbocycles. The summed E-state index contributed by atoms with van der Waals surface area (Å²) in [5.74, 6) is 7.43. The number of hydrogen-bond donors (Lipinski definition) is 3. The highest BCUT2D eigenvalue weighted by atomic mass is 16.1. The summed E-state index contributed by atoms with van der Waals surface area (Å²) in [6.07, 6.45) is 1.46. The van der Waals surface area contributed by atoms with Crippen molar-refractivity contribution < 1.29 is 4.79 Å². The standard InChI is InChI=1S/C13H22N6O/c1-4-9-16-10(18-15)8(2)11(17-9)19-6-5-13(3,7-19)12(14)20/h4-7,15H2,1-3H3,(H2,14,20)(H,16,17,18). The van der Waals surface area contributed by atoms with Gasteiger partial charge >= 0.3 is 0 Å². The molecular formula is C13H22N6O. The van der Waals surface area contributed by atoms with Gasteiger partial charge in [0.1, 0.15) is 17.5 Å². The normalized spacial score (nSPS) is 22.1. The van der Waals surface area contributed by atoms with Gasteiger partial charge in [0, 0.05) is 25.1 Å². The van der Waals surface area contributed by atoms with Crippen molar-refractivity contribution in [2.24, 2.45) is 17.0 Å². The van der Waals surface area contributed by atoms with Crippen molar-refractivity contribution in [2.75, 3.05) is 23.4 Å². The van der Waals surface area contributed by atoms with Crippen molar-refractivity contribution in [3.63, 3.8) is 0 Å². The van der Waals surface area contributed by atoms with Crippen LogP contribution in [-0.2, 0) is 11.2 Å². The number of nitrogens with one attached hydrogen (secondary N) is 1. The minimum Gasteiger partial charge on any atom is -0.369 e. The maximum absolute atomic E-state index is 11.6. The van der Waals surface area contributed by atoms with E-state index in [0.29, 0.717) is 12.4 Å². The number of aryl methyl sites for hydroxylation is 1. The molecule has 1 aliphatic rings. The lowest BCUT2D eigenvalue weighted by atomic mass is 9.89. The van der Waals surface area contributed by atoms with Crippen LogP contribution in [0.15, 0.2) is 0 Å². The number of nitrogens with two attached hydrogens (primary N) is 2. The van der Waals surface area contributed by atoms with Gasteiger partial charge in [-0.05, 0) is 20.3 Å². The Kier molecular flexibility index (Phi) is 3.80. The zero-order chi connectivity index (χ0) is 14.9. The Balaban J connectivity index is 2.36. The highest BCUT2D eigenvalue weighted by molar-refractivity contribution is 5.82. The van der Waals surface area contributed by atoms with Crippen molar-refractivity contribution in [1.82, 2.24) is 9.97 Å². The lowest BCUT2D eigenvalue weighted by molar-refractivity contribution is -0.125. The van der Waals surface area contributed by atoms with Crippen LogP contribution in [0.3, 0.4) is 0 Å². The smallest absolute Gasteiger partial charge is 0.225 e. The molecule has 1 aromatic heterocycles. The second-order valence-corrected chi connectivity index (χ2v) is 5.53. The fourth-order valence-corrected chi connectivity index (χ4v) is 2.50. The second-order valence-electron chi connectivity index (χ2n) is 5.53. The van der Waals surface area contributed by atoms with E-state index < -0.39 is 5.41 Å². The molecule has 0 bridgehead atoms. The minimum absolute atomic E-state index is 0.264. The van der Waals surface area contributed by atoms with Crippen LogP contribution < -0.4 is 21.9 Å². The number of primary amides is 1. The number of hydrazine groups is 1. The SMILES string of the molecule is CCc1nc(NN)c(C)c(N2CCC(C)(C(N)=O)C2)n1. The number of nitrogen functional groups attached to an aromatic ring is 1. The molecule has 1 unspecified atom stereocenters.